The lowest BCUT2D eigenvalue weighted by Gasteiger charge is -2.28. The van der Waals surface area contributed by atoms with Gasteiger partial charge in [0.05, 0.1) is 20.8 Å². The topological polar surface area (TPSA) is 59.0 Å². The van der Waals surface area contributed by atoms with Crippen LogP contribution in [0.2, 0.25) is 0 Å². The molecule has 0 unspecified atom stereocenters. The second-order valence-corrected chi connectivity index (χ2v) is 4.33. The van der Waals surface area contributed by atoms with E-state index >= 15 is 0 Å². The second-order valence-electron chi connectivity index (χ2n) is 4.33. The minimum absolute atomic E-state index is 0.0772. The molecule has 1 N–H and O–H groups in total. The van der Waals surface area contributed by atoms with Crippen LogP contribution in [0.3, 0.4) is 0 Å². The van der Waals surface area contributed by atoms with Gasteiger partial charge in [-0.3, -0.25) is 9.69 Å². The molecule has 98 valence electrons. The van der Waals surface area contributed by atoms with E-state index in [-0.39, 0.29) is 6.54 Å². The van der Waals surface area contributed by atoms with E-state index in [9.17, 15) is 4.79 Å². The third-order valence-electron chi connectivity index (χ3n) is 3.16. The Balaban J connectivity index is 2.24. The van der Waals surface area contributed by atoms with Crippen LogP contribution in [-0.4, -0.2) is 43.3 Å². The van der Waals surface area contributed by atoms with E-state index in [1.165, 1.54) is 5.56 Å². The van der Waals surface area contributed by atoms with Crippen LogP contribution in [0.5, 0.6) is 11.5 Å². The van der Waals surface area contributed by atoms with Crippen molar-refractivity contribution in [2.45, 2.75) is 13.0 Å². The number of aliphatic carboxylic acids is 1. The van der Waals surface area contributed by atoms with Crippen LogP contribution >= 0.6 is 0 Å². The Morgan fingerprint density at radius 3 is 2.44 bits per heavy atom. The molecule has 1 aromatic carbocycles. The molecule has 0 amide bonds. The van der Waals surface area contributed by atoms with E-state index < -0.39 is 5.97 Å². The fourth-order valence-electron chi connectivity index (χ4n) is 2.27. The van der Waals surface area contributed by atoms with Gasteiger partial charge in [0.2, 0.25) is 0 Å². The highest BCUT2D eigenvalue weighted by atomic mass is 16.5. The summed E-state index contributed by atoms with van der Waals surface area (Å²) in [5.41, 5.74) is 2.31. The summed E-state index contributed by atoms with van der Waals surface area (Å²) in [6, 6.07) is 3.91. The second kappa shape index (κ2) is 5.27. The molecule has 1 aliphatic rings. The number of ether oxygens (including phenoxy) is 2. The minimum Gasteiger partial charge on any atom is -0.493 e. The van der Waals surface area contributed by atoms with Gasteiger partial charge in [0.1, 0.15) is 0 Å². The Morgan fingerprint density at radius 2 is 1.89 bits per heavy atom. The van der Waals surface area contributed by atoms with Crippen LogP contribution in [0.4, 0.5) is 0 Å². The number of hydrogen-bond acceptors (Lipinski definition) is 4. The predicted octanol–water partition coefficient (Wildman–Crippen LogP) is 1.15. The van der Waals surface area contributed by atoms with Gasteiger partial charge in [-0.05, 0) is 29.7 Å². The highest BCUT2D eigenvalue weighted by molar-refractivity contribution is 5.69. The Morgan fingerprint density at radius 1 is 1.28 bits per heavy atom. The number of rotatable bonds is 4. The highest BCUT2D eigenvalue weighted by Gasteiger charge is 2.20. The molecule has 1 aromatic rings. The summed E-state index contributed by atoms with van der Waals surface area (Å²) in [6.45, 7) is 1.48. The van der Waals surface area contributed by atoms with E-state index in [1.807, 2.05) is 17.0 Å². The van der Waals surface area contributed by atoms with Crippen molar-refractivity contribution in [3.63, 3.8) is 0 Å². The summed E-state index contributed by atoms with van der Waals surface area (Å²) < 4.78 is 10.5. The monoisotopic (exact) mass is 251 g/mol. The van der Waals surface area contributed by atoms with Gasteiger partial charge < -0.3 is 14.6 Å². The number of carboxylic acid groups (broad SMARTS) is 1. The molecule has 0 atom stereocenters. The van der Waals surface area contributed by atoms with Crippen molar-refractivity contribution in [1.82, 2.24) is 4.90 Å². The molecular weight excluding hydrogens is 234 g/mol. The third kappa shape index (κ3) is 2.56. The van der Waals surface area contributed by atoms with Gasteiger partial charge >= 0.3 is 5.97 Å². The molecule has 0 saturated carbocycles. The highest BCUT2D eigenvalue weighted by Crippen LogP contribution is 2.33. The number of hydrogen-bond donors (Lipinski definition) is 1. The number of benzene rings is 1. The van der Waals surface area contributed by atoms with Crippen molar-refractivity contribution in [1.29, 1.82) is 0 Å². The number of nitrogens with zero attached hydrogens (tertiary/aromatic N) is 1. The van der Waals surface area contributed by atoms with E-state index in [1.54, 1.807) is 14.2 Å². The lowest BCUT2D eigenvalue weighted by molar-refractivity contribution is -0.138. The fraction of sp³-hybridized carbons (Fsp3) is 0.462. The summed E-state index contributed by atoms with van der Waals surface area (Å²) in [5.74, 6) is 0.621. The van der Waals surface area contributed by atoms with Gasteiger partial charge in [0, 0.05) is 13.1 Å². The van der Waals surface area contributed by atoms with Gasteiger partial charge in [0.15, 0.2) is 11.5 Å². The molecule has 0 spiro atoms. The van der Waals surface area contributed by atoms with Gasteiger partial charge in [-0.2, -0.15) is 0 Å². The van der Waals surface area contributed by atoms with Gasteiger partial charge in [-0.25, -0.2) is 0 Å². The lowest BCUT2D eigenvalue weighted by Crippen LogP contribution is -2.34. The summed E-state index contributed by atoms with van der Waals surface area (Å²) in [7, 11) is 3.21. The number of carbonyl (C=O) groups is 1. The molecule has 0 aliphatic carbocycles. The zero-order valence-electron chi connectivity index (χ0n) is 10.6. The molecule has 0 fully saturated rings. The molecule has 5 nitrogen and oxygen atoms in total. The molecule has 1 heterocycles. The van der Waals surface area contributed by atoms with Crippen molar-refractivity contribution in [3.8, 4) is 11.5 Å². The zero-order chi connectivity index (χ0) is 13.1. The summed E-state index contributed by atoms with van der Waals surface area (Å²) >= 11 is 0. The Hall–Kier alpha value is -1.75. The average molecular weight is 251 g/mol. The van der Waals surface area contributed by atoms with Crippen molar-refractivity contribution in [3.05, 3.63) is 23.3 Å². The molecule has 18 heavy (non-hydrogen) atoms. The van der Waals surface area contributed by atoms with Crippen molar-refractivity contribution >= 4 is 5.97 Å². The molecule has 0 aromatic heterocycles. The normalized spacial score (nSPS) is 15.0. The number of carboxylic acids is 1. The summed E-state index contributed by atoms with van der Waals surface area (Å²) in [6.07, 6.45) is 0.836. The van der Waals surface area contributed by atoms with Crippen LogP contribution in [0.15, 0.2) is 12.1 Å². The minimum atomic E-state index is -0.793. The molecule has 2 rings (SSSR count). The Bertz CT molecular complexity index is 459. The quantitative estimate of drug-likeness (QED) is 0.869. The van der Waals surface area contributed by atoms with E-state index in [2.05, 4.69) is 0 Å². The maximum absolute atomic E-state index is 10.7. The molecule has 0 saturated heterocycles. The van der Waals surface area contributed by atoms with Gasteiger partial charge in [-0.1, -0.05) is 0 Å². The summed E-state index contributed by atoms with van der Waals surface area (Å²) in [4.78, 5) is 12.6. The Labute approximate surface area is 106 Å². The molecule has 5 heteroatoms. The van der Waals surface area contributed by atoms with Gasteiger partial charge in [-0.15, -0.1) is 0 Å². The van der Waals surface area contributed by atoms with E-state index in [4.69, 9.17) is 14.6 Å². The van der Waals surface area contributed by atoms with Crippen LogP contribution in [0, 0.1) is 0 Å². The smallest absolute Gasteiger partial charge is 0.317 e. The molecular formula is C13H17NO4. The standard InChI is InChI=1S/C13H17NO4/c1-17-11-5-9-3-4-14(8-13(15)16)7-10(9)6-12(11)18-2/h5-6H,3-4,7-8H2,1-2H3,(H,15,16). The summed E-state index contributed by atoms with van der Waals surface area (Å²) in [5, 5.41) is 8.81. The first-order valence-corrected chi connectivity index (χ1v) is 5.82. The maximum atomic E-state index is 10.7. The SMILES string of the molecule is COc1cc2c(cc1OC)CN(CC(=O)O)CC2. The maximum Gasteiger partial charge on any atom is 0.317 e. The van der Waals surface area contributed by atoms with Gasteiger partial charge in [0.25, 0.3) is 0 Å². The van der Waals surface area contributed by atoms with Crippen molar-refractivity contribution in [2.24, 2.45) is 0 Å². The number of methoxy groups -OCH3 is 2. The van der Waals surface area contributed by atoms with E-state index in [0.29, 0.717) is 12.3 Å². The van der Waals surface area contributed by atoms with Crippen LogP contribution in [0.25, 0.3) is 0 Å². The Kier molecular flexibility index (Phi) is 3.72. The average Bonchev–Trinajstić information content (AvgIpc) is 2.36. The van der Waals surface area contributed by atoms with Crippen LogP contribution < -0.4 is 9.47 Å². The third-order valence-corrected chi connectivity index (χ3v) is 3.16. The molecule has 0 bridgehead atoms. The van der Waals surface area contributed by atoms with E-state index in [0.717, 1.165) is 24.3 Å². The predicted molar refractivity (Wildman–Crippen MR) is 66.2 cm³/mol. The van der Waals surface area contributed by atoms with Crippen LogP contribution in [0.1, 0.15) is 11.1 Å². The first kappa shape index (κ1) is 12.7. The van der Waals surface area contributed by atoms with Crippen molar-refractivity contribution < 1.29 is 19.4 Å². The largest absolute Gasteiger partial charge is 0.493 e. The fourth-order valence-corrected chi connectivity index (χ4v) is 2.27. The van der Waals surface area contributed by atoms with Crippen LogP contribution in [-0.2, 0) is 17.8 Å². The lowest BCUT2D eigenvalue weighted by atomic mass is 9.99. The first-order valence-electron chi connectivity index (χ1n) is 5.82. The molecule has 0 radical (unpaired) electrons. The first-order chi connectivity index (χ1) is 8.63. The van der Waals surface area contributed by atoms with Crippen molar-refractivity contribution in [2.75, 3.05) is 27.3 Å². The number of fused-ring (bicyclic) bond motifs is 1. The molecule has 1 aliphatic heterocycles. The zero-order valence-corrected chi connectivity index (χ0v) is 10.6.